The summed E-state index contributed by atoms with van der Waals surface area (Å²) in [5, 5.41) is 0. The molecule has 3 heteroatoms. The Kier molecular flexibility index (Phi) is 9.41. The molecule has 0 saturated heterocycles. The lowest BCUT2D eigenvalue weighted by Gasteiger charge is -2.29. The van der Waals surface area contributed by atoms with Gasteiger partial charge in [-0.15, -0.1) is 0 Å². The fourth-order valence-electron chi connectivity index (χ4n) is 5.70. The zero-order valence-electron chi connectivity index (χ0n) is 26.7. The van der Waals surface area contributed by atoms with Crippen LogP contribution in [-0.4, -0.2) is 0 Å². The van der Waals surface area contributed by atoms with Gasteiger partial charge >= 0.3 is 0 Å². The molecular formula is C43H39N3. The molecule has 0 bridgehead atoms. The molecule has 0 atom stereocenters. The Hall–Kier alpha value is -5.80. The molecule has 0 aliphatic heterocycles. The number of para-hydroxylation sites is 4. The minimum Gasteiger partial charge on any atom is -0.315 e. The van der Waals surface area contributed by atoms with Gasteiger partial charge in [-0.2, -0.15) is 0 Å². The van der Waals surface area contributed by atoms with Gasteiger partial charge in [-0.3, -0.25) is 0 Å². The van der Waals surface area contributed by atoms with Crippen molar-refractivity contribution in [2.24, 2.45) is 0 Å². The average molecular weight is 598 g/mol. The van der Waals surface area contributed by atoms with E-state index in [9.17, 15) is 0 Å². The molecule has 46 heavy (non-hydrogen) atoms. The van der Waals surface area contributed by atoms with E-state index in [0.717, 1.165) is 51.2 Å². The number of hydrogen-bond acceptors (Lipinski definition) is 3. The maximum atomic E-state index is 2.32. The lowest BCUT2D eigenvalue weighted by molar-refractivity contribution is 1.13. The second kappa shape index (κ2) is 14.3. The number of nitrogens with zero attached hydrogens (tertiary/aromatic N) is 3. The van der Waals surface area contributed by atoms with E-state index in [4.69, 9.17) is 0 Å². The smallest absolute Gasteiger partial charge is 0.0463 e. The van der Waals surface area contributed by atoms with E-state index in [1.165, 1.54) is 5.56 Å². The second-order valence-electron chi connectivity index (χ2n) is 11.3. The molecule has 0 heterocycles. The molecule has 0 aliphatic carbocycles. The minimum atomic E-state index is 1.09. The first-order valence-electron chi connectivity index (χ1n) is 15.7. The Balaban J connectivity index is 1.38. The summed E-state index contributed by atoms with van der Waals surface area (Å²) in [5.74, 6) is 0. The normalized spacial score (nSPS) is 11.6. The Labute approximate surface area is 273 Å². The first kappa shape index (κ1) is 30.2. The maximum absolute atomic E-state index is 2.32. The van der Waals surface area contributed by atoms with Gasteiger partial charge in [-0.25, -0.2) is 0 Å². The van der Waals surface area contributed by atoms with Gasteiger partial charge in [-0.05, 0) is 118 Å². The SMILES string of the molecule is C/C(=C\C=C(/C)N(c1ccc(C)cc1)c1ccc(N(c2ccccc2)c2ccccc2)cc1)N(c1ccccc1)c1ccccc1. The van der Waals surface area contributed by atoms with Crippen LogP contribution in [0.3, 0.4) is 0 Å². The first-order valence-corrected chi connectivity index (χ1v) is 15.7. The summed E-state index contributed by atoms with van der Waals surface area (Å²) in [6.07, 6.45) is 4.42. The molecular weight excluding hydrogens is 558 g/mol. The summed E-state index contributed by atoms with van der Waals surface area (Å²) >= 11 is 0. The van der Waals surface area contributed by atoms with Crippen molar-refractivity contribution in [1.82, 2.24) is 0 Å². The van der Waals surface area contributed by atoms with Crippen molar-refractivity contribution in [3.8, 4) is 0 Å². The van der Waals surface area contributed by atoms with Gasteiger partial charge in [0.15, 0.2) is 0 Å². The Morgan fingerprint density at radius 2 is 0.609 bits per heavy atom. The van der Waals surface area contributed by atoms with Gasteiger partial charge in [-0.1, -0.05) is 90.5 Å². The third-order valence-electron chi connectivity index (χ3n) is 7.99. The summed E-state index contributed by atoms with van der Waals surface area (Å²) in [6.45, 7) is 6.46. The average Bonchev–Trinajstić information content (AvgIpc) is 3.11. The highest BCUT2D eigenvalue weighted by molar-refractivity contribution is 5.79. The Morgan fingerprint density at radius 1 is 0.348 bits per heavy atom. The molecule has 0 saturated carbocycles. The molecule has 0 aliphatic rings. The maximum Gasteiger partial charge on any atom is 0.0463 e. The van der Waals surface area contributed by atoms with Crippen molar-refractivity contribution in [3.63, 3.8) is 0 Å². The van der Waals surface area contributed by atoms with Gasteiger partial charge in [0.1, 0.15) is 0 Å². The van der Waals surface area contributed by atoms with E-state index in [1.807, 2.05) is 0 Å². The minimum absolute atomic E-state index is 1.09. The number of rotatable bonds is 10. The largest absolute Gasteiger partial charge is 0.315 e. The molecule has 0 radical (unpaired) electrons. The van der Waals surface area contributed by atoms with Crippen LogP contribution in [0.5, 0.6) is 0 Å². The van der Waals surface area contributed by atoms with Crippen LogP contribution in [-0.2, 0) is 0 Å². The molecule has 0 unspecified atom stereocenters. The van der Waals surface area contributed by atoms with Crippen molar-refractivity contribution >= 4 is 39.8 Å². The van der Waals surface area contributed by atoms with E-state index < -0.39 is 0 Å². The van der Waals surface area contributed by atoms with Gasteiger partial charge < -0.3 is 14.7 Å². The zero-order chi connectivity index (χ0) is 31.7. The van der Waals surface area contributed by atoms with Crippen molar-refractivity contribution in [3.05, 3.63) is 199 Å². The fourth-order valence-corrected chi connectivity index (χ4v) is 5.70. The molecule has 226 valence electrons. The van der Waals surface area contributed by atoms with E-state index in [0.29, 0.717) is 0 Å². The fraction of sp³-hybridized carbons (Fsp3) is 0.0698. The van der Waals surface area contributed by atoms with Crippen molar-refractivity contribution in [2.45, 2.75) is 20.8 Å². The third-order valence-corrected chi connectivity index (χ3v) is 7.99. The Bertz CT molecular complexity index is 1800. The van der Waals surface area contributed by atoms with Gasteiger partial charge in [0.25, 0.3) is 0 Å². The van der Waals surface area contributed by atoms with Crippen LogP contribution in [0.25, 0.3) is 0 Å². The van der Waals surface area contributed by atoms with Crippen molar-refractivity contribution < 1.29 is 0 Å². The molecule has 6 rings (SSSR count). The predicted molar refractivity (Wildman–Crippen MR) is 197 cm³/mol. The quantitative estimate of drug-likeness (QED) is 0.145. The molecule has 0 fully saturated rings. The van der Waals surface area contributed by atoms with E-state index in [2.05, 4.69) is 217 Å². The van der Waals surface area contributed by atoms with Crippen LogP contribution in [0.4, 0.5) is 39.8 Å². The number of allylic oxidation sites excluding steroid dienone is 4. The predicted octanol–water partition coefficient (Wildman–Crippen LogP) is 12.2. The van der Waals surface area contributed by atoms with Crippen molar-refractivity contribution in [2.75, 3.05) is 14.7 Å². The monoisotopic (exact) mass is 597 g/mol. The van der Waals surface area contributed by atoms with Crippen LogP contribution >= 0.6 is 0 Å². The molecule has 3 nitrogen and oxygen atoms in total. The number of hydrogen-bond donors (Lipinski definition) is 0. The molecule has 0 N–H and O–H groups in total. The highest BCUT2D eigenvalue weighted by Gasteiger charge is 2.16. The standard InChI is InChI=1S/C43H39N3/c1-34-24-28-41(29-25-34)45(36(3)27-26-35(2)44(37-16-8-4-9-17-37)38-18-10-5-11-19-38)42-30-32-43(33-31-42)46(39-20-12-6-13-21-39)40-22-14-7-15-23-40/h4-33H,1-3H3/b35-26+,36-27+. The van der Waals surface area contributed by atoms with Crippen LogP contribution in [0.2, 0.25) is 0 Å². The van der Waals surface area contributed by atoms with Crippen LogP contribution in [0.15, 0.2) is 193 Å². The number of anilines is 7. The number of aryl methyl sites for hydroxylation is 1. The lowest BCUT2D eigenvalue weighted by Crippen LogP contribution is -2.16. The summed E-state index contributed by atoms with van der Waals surface area (Å²) < 4.78 is 0. The van der Waals surface area contributed by atoms with Crippen LogP contribution < -0.4 is 14.7 Å². The first-order chi connectivity index (χ1) is 22.6. The zero-order valence-corrected chi connectivity index (χ0v) is 26.7. The van der Waals surface area contributed by atoms with Gasteiger partial charge in [0.05, 0.1) is 0 Å². The Morgan fingerprint density at radius 3 is 0.978 bits per heavy atom. The molecule has 0 aromatic heterocycles. The van der Waals surface area contributed by atoms with Crippen LogP contribution in [0, 0.1) is 6.92 Å². The molecule has 0 spiro atoms. The summed E-state index contributed by atoms with van der Waals surface area (Å²) in [4.78, 5) is 6.89. The molecule has 6 aromatic rings. The van der Waals surface area contributed by atoms with E-state index >= 15 is 0 Å². The van der Waals surface area contributed by atoms with Gasteiger partial charge in [0.2, 0.25) is 0 Å². The summed E-state index contributed by atoms with van der Waals surface area (Å²) in [6, 6.07) is 59.6. The highest BCUT2D eigenvalue weighted by Crippen LogP contribution is 2.37. The lowest BCUT2D eigenvalue weighted by atomic mass is 10.1. The summed E-state index contributed by atoms with van der Waals surface area (Å²) in [7, 11) is 0. The molecule has 0 amide bonds. The van der Waals surface area contributed by atoms with Crippen molar-refractivity contribution in [1.29, 1.82) is 0 Å². The van der Waals surface area contributed by atoms with Crippen LogP contribution in [0.1, 0.15) is 19.4 Å². The summed E-state index contributed by atoms with van der Waals surface area (Å²) in [5.41, 5.74) is 11.3. The number of benzene rings is 6. The highest BCUT2D eigenvalue weighted by atomic mass is 15.2. The van der Waals surface area contributed by atoms with Gasteiger partial charge in [0, 0.05) is 51.2 Å². The van der Waals surface area contributed by atoms with E-state index in [1.54, 1.807) is 0 Å². The topological polar surface area (TPSA) is 9.72 Å². The third kappa shape index (κ3) is 6.95. The second-order valence-corrected chi connectivity index (χ2v) is 11.3. The molecule has 6 aromatic carbocycles. The van der Waals surface area contributed by atoms with E-state index in [-0.39, 0.29) is 0 Å².